The van der Waals surface area contributed by atoms with E-state index in [0.717, 1.165) is 5.56 Å². The Kier molecular flexibility index (Phi) is 6.97. The molecule has 0 bridgehead atoms. The van der Waals surface area contributed by atoms with Crippen molar-refractivity contribution in [2.75, 3.05) is 21.3 Å². The van der Waals surface area contributed by atoms with E-state index in [4.69, 9.17) is 28.1 Å². The number of ether oxygens (including phenoxy) is 5. The molecular weight excluding hydrogens is 520 g/mol. The van der Waals surface area contributed by atoms with Gasteiger partial charge in [-0.3, -0.25) is 4.79 Å². The molecule has 0 atom stereocenters. The Morgan fingerprint density at radius 1 is 0.886 bits per heavy atom. The van der Waals surface area contributed by atoms with Gasteiger partial charge in [0.25, 0.3) is 0 Å². The van der Waals surface area contributed by atoms with Gasteiger partial charge in [-0.05, 0) is 58.7 Å². The van der Waals surface area contributed by atoms with E-state index in [9.17, 15) is 9.59 Å². The molecule has 0 N–H and O–H groups in total. The number of carbonyl (C=O) groups is 1. The van der Waals surface area contributed by atoms with Gasteiger partial charge in [0.05, 0.1) is 36.8 Å². The predicted molar refractivity (Wildman–Crippen MR) is 132 cm³/mol. The van der Waals surface area contributed by atoms with Crippen LogP contribution in [0.4, 0.5) is 0 Å². The fourth-order valence-electron chi connectivity index (χ4n) is 3.46. The van der Waals surface area contributed by atoms with E-state index in [-0.39, 0.29) is 39.2 Å². The van der Waals surface area contributed by atoms with Gasteiger partial charge in [0.15, 0.2) is 11.5 Å². The molecule has 8 nitrogen and oxygen atoms in total. The van der Waals surface area contributed by atoms with E-state index in [1.165, 1.54) is 51.9 Å². The first-order valence-electron chi connectivity index (χ1n) is 10.4. The minimum Gasteiger partial charge on any atom is -0.493 e. The van der Waals surface area contributed by atoms with Gasteiger partial charge < -0.3 is 28.1 Å². The van der Waals surface area contributed by atoms with Crippen LogP contribution in [-0.4, -0.2) is 27.3 Å². The molecule has 0 aliphatic rings. The van der Waals surface area contributed by atoms with Crippen molar-refractivity contribution in [3.8, 4) is 34.5 Å². The van der Waals surface area contributed by atoms with Crippen LogP contribution >= 0.6 is 15.9 Å². The van der Waals surface area contributed by atoms with Crippen molar-refractivity contribution >= 4 is 32.9 Å². The van der Waals surface area contributed by atoms with Crippen LogP contribution in [0.25, 0.3) is 11.0 Å². The Hall–Kier alpha value is -3.98. The molecule has 1 aromatic heterocycles. The molecule has 9 heteroatoms. The van der Waals surface area contributed by atoms with Crippen molar-refractivity contribution in [2.45, 2.75) is 6.92 Å². The number of fused-ring (bicyclic) bond motifs is 1. The third kappa shape index (κ3) is 4.81. The summed E-state index contributed by atoms with van der Waals surface area (Å²) in [6.07, 6.45) is 1.23. The summed E-state index contributed by atoms with van der Waals surface area (Å²) in [5, 5.41) is 0.281. The number of rotatable bonds is 7. The SMILES string of the molecule is COc1cc(C(=O)Oc2ccc3c(=O)c(Oc4cccc(C)c4)coc3c2)c(Br)c(OC)c1OC. The zero-order valence-corrected chi connectivity index (χ0v) is 20.9. The van der Waals surface area contributed by atoms with E-state index in [1.807, 2.05) is 25.1 Å². The van der Waals surface area contributed by atoms with E-state index in [2.05, 4.69) is 15.9 Å². The van der Waals surface area contributed by atoms with Crippen molar-refractivity contribution in [2.24, 2.45) is 0 Å². The number of hydrogen-bond acceptors (Lipinski definition) is 8. The smallest absolute Gasteiger partial charge is 0.344 e. The van der Waals surface area contributed by atoms with Gasteiger partial charge in [-0.25, -0.2) is 4.79 Å². The molecule has 0 saturated carbocycles. The molecular formula is C26H21BrO8. The molecule has 0 saturated heterocycles. The third-order valence-corrected chi connectivity index (χ3v) is 5.92. The fourth-order valence-corrected chi connectivity index (χ4v) is 4.08. The number of benzene rings is 3. The largest absolute Gasteiger partial charge is 0.493 e. The summed E-state index contributed by atoms with van der Waals surface area (Å²) < 4.78 is 33.2. The van der Waals surface area contributed by atoms with Crippen molar-refractivity contribution in [3.05, 3.63) is 80.6 Å². The molecule has 35 heavy (non-hydrogen) atoms. The standard InChI is InChI=1S/C26H21BrO8/c1-14-6-5-7-15(10-14)34-21-13-33-19-11-16(8-9-17(19)23(21)28)35-26(29)18-12-20(30-2)24(31-3)25(32-4)22(18)27/h5-13H,1-4H3. The Bertz CT molecular complexity index is 1470. The summed E-state index contributed by atoms with van der Waals surface area (Å²) in [6, 6.07) is 13.3. The molecule has 0 spiro atoms. The topological polar surface area (TPSA) is 93.4 Å². The molecule has 0 unspecified atom stereocenters. The summed E-state index contributed by atoms with van der Waals surface area (Å²) in [7, 11) is 4.35. The molecule has 0 radical (unpaired) electrons. The maximum absolute atomic E-state index is 12.9. The van der Waals surface area contributed by atoms with Gasteiger partial charge in [0, 0.05) is 6.07 Å². The normalized spacial score (nSPS) is 10.7. The number of carbonyl (C=O) groups excluding carboxylic acids is 1. The number of halogens is 1. The lowest BCUT2D eigenvalue weighted by Gasteiger charge is -2.16. The van der Waals surface area contributed by atoms with Crippen LogP contribution in [0.5, 0.6) is 34.5 Å². The second-order valence-corrected chi connectivity index (χ2v) is 8.19. The van der Waals surface area contributed by atoms with Gasteiger partial charge in [-0.1, -0.05) is 12.1 Å². The van der Waals surface area contributed by atoms with Crippen molar-refractivity contribution in [3.63, 3.8) is 0 Å². The van der Waals surface area contributed by atoms with Gasteiger partial charge in [-0.15, -0.1) is 0 Å². The quantitative estimate of drug-likeness (QED) is 0.211. The summed E-state index contributed by atoms with van der Waals surface area (Å²) in [5.41, 5.74) is 1.04. The van der Waals surface area contributed by atoms with E-state index >= 15 is 0 Å². The average Bonchev–Trinajstić information content (AvgIpc) is 2.85. The van der Waals surface area contributed by atoms with E-state index in [0.29, 0.717) is 21.7 Å². The summed E-state index contributed by atoms with van der Waals surface area (Å²) in [5.74, 6) is 0.979. The highest BCUT2D eigenvalue weighted by Crippen LogP contribution is 2.45. The van der Waals surface area contributed by atoms with Crippen molar-refractivity contribution in [1.82, 2.24) is 0 Å². The maximum atomic E-state index is 12.9. The van der Waals surface area contributed by atoms with Crippen molar-refractivity contribution < 1.29 is 32.9 Å². The van der Waals surface area contributed by atoms with E-state index < -0.39 is 5.97 Å². The van der Waals surface area contributed by atoms with Crippen LogP contribution in [-0.2, 0) is 0 Å². The van der Waals surface area contributed by atoms with Crippen LogP contribution in [0.1, 0.15) is 15.9 Å². The van der Waals surface area contributed by atoms with Crippen LogP contribution in [0, 0.1) is 6.92 Å². The average molecular weight is 541 g/mol. The Morgan fingerprint density at radius 2 is 1.66 bits per heavy atom. The zero-order chi connectivity index (χ0) is 25.1. The predicted octanol–water partition coefficient (Wildman–Crippen LogP) is 5.90. The number of esters is 1. The number of methoxy groups -OCH3 is 3. The Morgan fingerprint density at radius 3 is 2.34 bits per heavy atom. The fraction of sp³-hybridized carbons (Fsp3) is 0.154. The van der Waals surface area contributed by atoms with Crippen LogP contribution in [0.2, 0.25) is 0 Å². The van der Waals surface area contributed by atoms with Gasteiger partial charge in [-0.2, -0.15) is 0 Å². The van der Waals surface area contributed by atoms with Gasteiger partial charge in [0.2, 0.25) is 16.9 Å². The second-order valence-electron chi connectivity index (χ2n) is 7.40. The number of hydrogen-bond donors (Lipinski definition) is 0. The minimum absolute atomic E-state index is 0.0502. The second kappa shape index (κ2) is 10.1. The summed E-state index contributed by atoms with van der Waals surface area (Å²) in [4.78, 5) is 25.8. The summed E-state index contributed by atoms with van der Waals surface area (Å²) >= 11 is 3.36. The van der Waals surface area contributed by atoms with E-state index in [1.54, 1.807) is 6.07 Å². The molecule has 1 heterocycles. The first-order valence-corrected chi connectivity index (χ1v) is 11.2. The van der Waals surface area contributed by atoms with Gasteiger partial charge in [0.1, 0.15) is 23.3 Å². The third-order valence-electron chi connectivity index (χ3n) is 5.13. The number of aryl methyl sites for hydroxylation is 1. The molecule has 180 valence electrons. The lowest BCUT2D eigenvalue weighted by atomic mass is 10.1. The highest BCUT2D eigenvalue weighted by Gasteiger charge is 2.24. The maximum Gasteiger partial charge on any atom is 0.344 e. The molecule has 0 aliphatic heterocycles. The first-order chi connectivity index (χ1) is 16.9. The molecule has 4 rings (SSSR count). The highest BCUT2D eigenvalue weighted by molar-refractivity contribution is 9.10. The monoisotopic (exact) mass is 540 g/mol. The Labute approximate surface area is 209 Å². The lowest BCUT2D eigenvalue weighted by molar-refractivity contribution is 0.0733. The highest BCUT2D eigenvalue weighted by atomic mass is 79.9. The van der Waals surface area contributed by atoms with Gasteiger partial charge >= 0.3 is 5.97 Å². The lowest BCUT2D eigenvalue weighted by Crippen LogP contribution is -2.11. The Balaban J connectivity index is 1.63. The van der Waals surface area contributed by atoms with Crippen LogP contribution in [0.15, 0.2) is 68.5 Å². The summed E-state index contributed by atoms with van der Waals surface area (Å²) in [6.45, 7) is 1.93. The van der Waals surface area contributed by atoms with Crippen LogP contribution in [0.3, 0.4) is 0 Å². The zero-order valence-electron chi connectivity index (χ0n) is 19.3. The molecule has 0 aliphatic carbocycles. The van der Waals surface area contributed by atoms with Crippen molar-refractivity contribution in [1.29, 1.82) is 0 Å². The molecule has 0 amide bonds. The molecule has 3 aromatic carbocycles. The molecule has 4 aromatic rings. The van der Waals surface area contributed by atoms with Crippen LogP contribution < -0.4 is 29.1 Å². The first kappa shape index (κ1) is 24.2. The molecule has 0 fully saturated rings. The minimum atomic E-state index is -0.683.